The van der Waals surface area contributed by atoms with Crippen molar-refractivity contribution in [3.8, 4) is 0 Å². The molecular weight excluding hydrogens is 350 g/mol. The van der Waals surface area contributed by atoms with Gasteiger partial charge in [-0.25, -0.2) is 23.2 Å². The van der Waals surface area contributed by atoms with E-state index in [1.54, 1.807) is 29.4 Å². The van der Waals surface area contributed by atoms with Crippen LogP contribution in [0.1, 0.15) is 11.3 Å². The molecule has 0 aliphatic rings. The first-order chi connectivity index (χ1) is 11.5. The van der Waals surface area contributed by atoms with E-state index < -0.39 is 10.2 Å². The van der Waals surface area contributed by atoms with E-state index in [0.29, 0.717) is 0 Å². The highest BCUT2D eigenvalue weighted by atomic mass is 35.7. The zero-order valence-electron chi connectivity index (χ0n) is 14.4. The van der Waals surface area contributed by atoms with Gasteiger partial charge >= 0.3 is 5.69 Å². The lowest BCUT2D eigenvalue weighted by Gasteiger charge is -2.17. The molecule has 25 heavy (non-hydrogen) atoms. The summed E-state index contributed by atoms with van der Waals surface area (Å²) in [5.41, 5.74) is 3.12. The van der Waals surface area contributed by atoms with E-state index in [4.69, 9.17) is 18.6 Å². The van der Waals surface area contributed by atoms with Crippen LogP contribution in [0.3, 0.4) is 0 Å². The summed E-state index contributed by atoms with van der Waals surface area (Å²) in [4.78, 5) is 13.9. The second-order valence-corrected chi connectivity index (χ2v) is 6.15. The van der Waals surface area contributed by atoms with Gasteiger partial charge in [0.05, 0.1) is 20.3 Å². The fraction of sp³-hybridized carbons (Fsp3) is 0.250. The smallest absolute Gasteiger partial charge is 0.378 e. The summed E-state index contributed by atoms with van der Waals surface area (Å²) in [7, 11) is 2.61. The molecule has 0 aliphatic carbocycles. The number of aryl methyl sites for hydroxylation is 1. The Hall–Kier alpha value is -2.23. The minimum Gasteiger partial charge on any atom is -0.378 e. The van der Waals surface area contributed by atoms with Crippen LogP contribution in [-0.2, 0) is 14.1 Å². The highest BCUT2D eigenvalue weighted by molar-refractivity contribution is 5.69. The normalized spacial score (nSPS) is 11.2. The predicted molar refractivity (Wildman–Crippen MR) is 82.6 cm³/mol. The van der Waals surface area contributed by atoms with Crippen molar-refractivity contribution >= 4 is 17.8 Å². The third-order valence-electron chi connectivity index (χ3n) is 3.30. The number of nitrogens with zero attached hydrogens (tertiary/aromatic N) is 3. The van der Waals surface area contributed by atoms with Crippen LogP contribution in [0.15, 0.2) is 41.3 Å². The average Bonchev–Trinajstić information content (AvgIpc) is 2.51. The van der Waals surface area contributed by atoms with Crippen LogP contribution >= 0.6 is 0 Å². The second kappa shape index (κ2) is 8.75. The van der Waals surface area contributed by atoms with Gasteiger partial charge in [0.25, 0.3) is 0 Å². The number of benzene rings is 1. The molecule has 1 heterocycles. The van der Waals surface area contributed by atoms with Gasteiger partial charge in [0.15, 0.2) is 0 Å². The molecule has 0 saturated heterocycles. The average molecular weight is 370 g/mol. The number of hydrogen-bond donors (Lipinski definition) is 0. The third-order valence-corrected chi connectivity index (χ3v) is 3.30. The Labute approximate surface area is 147 Å². The fourth-order valence-corrected chi connectivity index (χ4v) is 1.94. The minimum atomic E-state index is -4.94. The molecule has 1 aromatic carbocycles. The molecule has 8 nitrogen and oxygen atoms in total. The Morgan fingerprint density at radius 3 is 2.04 bits per heavy atom. The molecule has 136 valence electrons. The SMILES string of the molecule is CN(C)c1ccc(/C=C/c2cc[n+](C)c(=O)n2C)cc1.[O-][Cl+3]([O-])([O-])[O-]. The van der Waals surface area contributed by atoms with E-state index >= 15 is 0 Å². The molecule has 0 fully saturated rings. The fourth-order valence-electron chi connectivity index (χ4n) is 1.94. The van der Waals surface area contributed by atoms with Crippen LogP contribution in [0.2, 0.25) is 0 Å². The van der Waals surface area contributed by atoms with Gasteiger partial charge in [-0.05, 0) is 23.8 Å². The van der Waals surface area contributed by atoms with E-state index in [1.165, 1.54) is 5.69 Å². The van der Waals surface area contributed by atoms with Crippen molar-refractivity contribution in [2.75, 3.05) is 19.0 Å². The molecule has 1 aromatic heterocycles. The van der Waals surface area contributed by atoms with Crippen molar-refractivity contribution in [2.24, 2.45) is 14.1 Å². The van der Waals surface area contributed by atoms with Crippen LogP contribution in [0.4, 0.5) is 5.69 Å². The van der Waals surface area contributed by atoms with E-state index in [2.05, 4.69) is 29.2 Å². The maximum atomic E-state index is 11.8. The van der Waals surface area contributed by atoms with Gasteiger partial charge in [0.1, 0.15) is 5.69 Å². The quantitative estimate of drug-likeness (QED) is 0.522. The van der Waals surface area contributed by atoms with Crippen LogP contribution in [-0.4, -0.2) is 18.7 Å². The predicted octanol–water partition coefficient (Wildman–Crippen LogP) is -3.31. The minimum absolute atomic E-state index is 0.0323. The largest absolute Gasteiger partial charge is 0.497 e. The first-order valence-corrected chi connectivity index (χ1v) is 8.35. The number of halogens is 1. The number of aromatic nitrogens is 2. The van der Waals surface area contributed by atoms with Crippen LogP contribution in [0, 0.1) is 10.2 Å². The highest BCUT2D eigenvalue weighted by Crippen LogP contribution is 2.14. The van der Waals surface area contributed by atoms with Crippen molar-refractivity contribution in [1.82, 2.24) is 4.57 Å². The summed E-state index contributed by atoms with van der Waals surface area (Å²) in [6, 6.07) is 10.2. The zero-order chi connectivity index (χ0) is 19.2. The Kier molecular flexibility index (Phi) is 7.28. The highest BCUT2D eigenvalue weighted by Gasteiger charge is 2.06. The number of anilines is 1. The summed E-state index contributed by atoms with van der Waals surface area (Å²) < 4.78 is 37.2. The van der Waals surface area contributed by atoms with Gasteiger partial charge in [-0.15, -0.1) is 10.2 Å². The molecular formula is C16H20ClN3O5. The Bertz CT molecular complexity index is 774. The summed E-state index contributed by atoms with van der Waals surface area (Å²) in [5, 5.41) is 0. The Balaban J connectivity index is 0.000000550. The topological polar surface area (TPSA) is 121 Å². The first-order valence-electron chi connectivity index (χ1n) is 7.12. The molecule has 0 N–H and O–H groups in total. The van der Waals surface area contributed by atoms with Crippen molar-refractivity contribution in [3.63, 3.8) is 0 Å². The number of rotatable bonds is 3. The summed E-state index contributed by atoms with van der Waals surface area (Å²) in [6.45, 7) is 0. The van der Waals surface area contributed by atoms with Gasteiger partial charge in [-0.1, -0.05) is 18.2 Å². The van der Waals surface area contributed by atoms with Crippen molar-refractivity contribution in [3.05, 3.63) is 58.3 Å². The number of hydrogen-bond acceptors (Lipinski definition) is 6. The molecule has 0 aliphatic heterocycles. The maximum Gasteiger partial charge on any atom is 0.497 e. The van der Waals surface area contributed by atoms with Gasteiger partial charge < -0.3 is 4.90 Å². The van der Waals surface area contributed by atoms with E-state index in [9.17, 15) is 4.79 Å². The molecule has 0 bridgehead atoms. The van der Waals surface area contributed by atoms with E-state index in [-0.39, 0.29) is 5.69 Å². The van der Waals surface area contributed by atoms with Gasteiger partial charge in [0.2, 0.25) is 0 Å². The lowest BCUT2D eigenvalue weighted by Crippen LogP contribution is -2.68. The molecule has 9 heteroatoms. The van der Waals surface area contributed by atoms with Crippen LogP contribution in [0.25, 0.3) is 12.2 Å². The first kappa shape index (κ1) is 20.8. The van der Waals surface area contributed by atoms with Crippen molar-refractivity contribution < 1.29 is 33.4 Å². The zero-order valence-corrected chi connectivity index (χ0v) is 15.1. The van der Waals surface area contributed by atoms with Gasteiger partial charge in [0, 0.05) is 25.8 Å². The molecule has 2 rings (SSSR count). The molecule has 0 atom stereocenters. The summed E-state index contributed by atoms with van der Waals surface area (Å²) in [6.07, 6.45) is 5.73. The third kappa shape index (κ3) is 7.46. The van der Waals surface area contributed by atoms with Gasteiger partial charge in [-0.3, -0.25) is 0 Å². The molecule has 0 radical (unpaired) electrons. The molecule has 0 unspecified atom stereocenters. The molecule has 2 aromatic rings. The van der Waals surface area contributed by atoms with Crippen LogP contribution in [0.5, 0.6) is 0 Å². The lowest BCUT2D eigenvalue weighted by atomic mass is 10.1. The summed E-state index contributed by atoms with van der Waals surface area (Å²) in [5.74, 6) is 0. The van der Waals surface area contributed by atoms with Crippen LogP contribution < -0.4 is 33.8 Å². The van der Waals surface area contributed by atoms with Gasteiger partial charge in [-0.2, -0.15) is 9.36 Å². The standard InChI is InChI=1S/C16H20N3O.ClHO4/c1-17(2)14-8-5-13(6-9-14)7-10-15-11-12-18(3)16(20)19(15)4;2-1(3,4)5/h5-12H,1-4H3;(H,2,3,4,5)/q+1;/p-1. The second-order valence-electron chi connectivity index (χ2n) is 5.39. The monoisotopic (exact) mass is 369 g/mol. The molecule has 0 spiro atoms. The van der Waals surface area contributed by atoms with Crippen molar-refractivity contribution in [2.45, 2.75) is 0 Å². The lowest BCUT2D eigenvalue weighted by molar-refractivity contribution is -2.00. The Morgan fingerprint density at radius 1 is 1.04 bits per heavy atom. The molecule has 0 saturated carbocycles. The van der Waals surface area contributed by atoms with E-state index in [1.807, 2.05) is 32.3 Å². The molecule has 0 amide bonds. The van der Waals surface area contributed by atoms with E-state index in [0.717, 1.165) is 11.3 Å². The Morgan fingerprint density at radius 2 is 1.56 bits per heavy atom. The summed E-state index contributed by atoms with van der Waals surface area (Å²) >= 11 is 0. The maximum absolute atomic E-state index is 11.8. The van der Waals surface area contributed by atoms with Crippen molar-refractivity contribution in [1.29, 1.82) is 0 Å².